The van der Waals surface area contributed by atoms with Crippen LogP contribution in [0.5, 0.6) is 0 Å². The maximum absolute atomic E-state index is 11.5. The molecule has 0 radical (unpaired) electrons. The molecule has 2 heterocycles. The fraction of sp³-hybridized carbons (Fsp3) is 1.00. The van der Waals surface area contributed by atoms with Crippen molar-refractivity contribution in [1.29, 1.82) is 0 Å². The van der Waals surface area contributed by atoms with Crippen LogP contribution >= 0.6 is 0 Å². The van der Waals surface area contributed by atoms with Crippen molar-refractivity contribution in [3.05, 3.63) is 0 Å². The second kappa shape index (κ2) is 5.00. The highest BCUT2D eigenvalue weighted by Crippen LogP contribution is 2.21. The highest BCUT2D eigenvalue weighted by Gasteiger charge is 2.36. The second-order valence-corrected chi connectivity index (χ2v) is 6.89. The van der Waals surface area contributed by atoms with E-state index in [0.717, 1.165) is 32.5 Å². The molecule has 2 aliphatic rings. The highest BCUT2D eigenvalue weighted by atomic mass is 32.2. The van der Waals surface area contributed by atoms with Gasteiger partial charge in [0.2, 0.25) is 0 Å². The molecule has 2 rings (SSSR count). The average Bonchev–Trinajstić information content (AvgIpc) is 2.60. The van der Waals surface area contributed by atoms with Gasteiger partial charge in [-0.2, -0.15) is 0 Å². The van der Waals surface area contributed by atoms with Crippen molar-refractivity contribution in [2.24, 2.45) is 0 Å². The zero-order chi connectivity index (χ0) is 11.6. The van der Waals surface area contributed by atoms with E-state index in [1.54, 1.807) is 0 Å². The number of nitrogens with one attached hydrogen (secondary N) is 1. The van der Waals surface area contributed by atoms with E-state index in [-0.39, 0.29) is 18.7 Å². The molecule has 0 amide bonds. The zero-order valence-corrected chi connectivity index (χ0v) is 10.2. The molecule has 6 heteroatoms. The summed E-state index contributed by atoms with van der Waals surface area (Å²) >= 11 is 0. The number of sulfone groups is 1. The summed E-state index contributed by atoms with van der Waals surface area (Å²) in [5, 5.41) is 12.3. The molecule has 0 aromatic heterocycles. The Bertz CT molecular complexity index is 329. The van der Waals surface area contributed by atoms with Crippen LogP contribution in [0.25, 0.3) is 0 Å². The summed E-state index contributed by atoms with van der Waals surface area (Å²) in [6, 6.07) is 0.459. The van der Waals surface area contributed by atoms with Gasteiger partial charge in [-0.15, -0.1) is 0 Å². The van der Waals surface area contributed by atoms with Gasteiger partial charge in [0.1, 0.15) is 0 Å². The quantitative estimate of drug-likeness (QED) is 0.658. The monoisotopic (exact) mass is 248 g/mol. The van der Waals surface area contributed by atoms with Crippen LogP contribution in [-0.4, -0.2) is 68.3 Å². The smallest absolute Gasteiger partial charge is 0.151 e. The third-order valence-electron chi connectivity index (χ3n) is 3.54. The minimum absolute atomic E-state index is 0.169. The van der Waals surface area contributed by atoms with E-state index < -0.39 is 9.84 Å². The minimum Gasteiger partial charge on any atom is -0.396 e. The molecule has 94 valence electrons. The lowest BCUT2D eigenvalue weighted by Gasteiger charge is -2.39. The van der Waals surface area contributed by atoms with Crippen molar-refractivity contribution in [2.45, 2.75) is 24.9 Å². The van der Waals surface area contributed by atoms with E-state index in [0.29, 0.717) is 11.5 Å². The first-order valence-electron chi connectivity index (χ1n) is 5.90. The number of aliphatic hydroxyl groups is 1. The Morgan fingerprint density at radius 2 is 2.25 bits per heavy atom. The van der Waals surface area contributed by atoms with Crippen LogP contribution in [0.3, 0.4) is 0 Å². The van der Waals surface area contributed by atoms with E-state index in [1.165, 1.54) is 0 Å². The summed E-state index contributed by atoms with van der Waals surface area (Å²) in [4.78, 5) is 2.28. The Kier molecular flexibility index (Phi) is 3.84. The SMILES string of the molecule is O=S1(=O)CCC(N2CCNCC2CCO)C1. The molecular formula is C10H20N2O3S. The lowest BCUT2D eigenvalue weighted by molar-refractivity contribution is 0.0959. The predicted octanol–water partition coefficient (Wildman–Crippen LogP) is -1.17. The van der Waals surface area contributed by atoms with Gasteiger partial charge >= 0.3 is 0 Å². The summed E-state index contributed by atoms with van der Waals surface area (Å²) in [5.41, 5.74) is 0. The van der Waals surface area contributed by atoms with E-state index in [2.05, 4.69) is 10.2 Å². The van der Waals surface area contributed by atoms with Gasteiger partial charge in [-0.05, 0) is 12.8 Å². The Balaban J connectivity index is 2.00. The van der Waals surface area contributed by atoms with Crippen LogP contribution in [0.1, 0.15) is 12.8 Å². The fourth-order valence-corrected chi connectivity index (χ4v) is 4.45. The van der Waals surface area contributed by atoms with Crippen LogP contribution in [0.15, 0.2) is 0 Å². The summed E-state index contributed by atoms with van der Waals surface area (Å²) < 4.78 is 22.9. The van der Waals surface area contributed by atoms with Crippen LogP contribution in [0.2, 0.25) is 0 Å². The molecule has 2 unspecified atom stereocenters. The summed E-state index contributed by atoms with van der Waals surface area (Å²) in [6.45, 7) is 2.84. The molecule has 2 saturated heterocycles. The van der Waals surface area contributed by atoms with Gasteiger partial charge in [-0.1, -0.05) is 0 Å². The summed E-state index contributed by atoms with van der Waals surface area (Å²) in [5.74, 6) is 0.627. The Hall–Kier alpha value is -0.170. The first kappa shape index (κ1) is 12.3. The maximum Gasteiger partial charge on any atom is 0.151 e. The number of rotatable bonds is 3. The van der Waals surface area contributed by atoms with E-state index in [4.69, 9.17) is 5.11 Å². The van der Waals surface area contributed by atoms with Crippen molar-refractivity contribution in [3.63, 3.8) is 0 Å². The van der Waals surface area contributed by atoms with Crippen molar-refractivity contribution in [2.75, 3.05) is 37.7 Å². The normalized spacial score (nSPS) is 35.3. The fourth-order valence-electron chi connectivity index (χ4n) is 2.71. The molecule has 2 N–H and O–H groups in total. The molecule has 0 spiro atoms. The van der Waals surface area contributed by atoms with Crippen molar-refractivity contribution in [3.8, 4) is 0 Å². The summed E-state index contributed by atoms with van der Waals surface area (Å²) in [6.07, 6.45) is 1.48. The highest BCUT2D eigenvalue weighted by molar-refractivity contribution is 7.91. The third-order valence-corrected chi connectivity index (χ3v) is 5.29. The van der Waals surface area contributed by atoms with E-state index in [1.807, 2.05) is 0 Å². The predicted molar refractivity (Wildman–Crippen MR) is 62.1 cm³/mol. The molecule has 2 atom stereocenters. The van der Waals surface area contributed by atoms with Gasteiger partial charge in [0.05, 0.1) is 11.5 Å². The van der Waals surface area contributed by atoms with Gasteiger partial charge in [0.15, 0.2) is 9.84 Å². The van der Waals surface area contributed by atoms with Crippen LogP contribution < -0.4 is 5.32 Å². The molecule has 5 nitrogen and oxygen atoms in total. The molecule has 16 heavy (non-hydrogen) atoms. The Morgan fingerprint density at radius 1 is 1.44 bits per heavy atom. The third kappa shape index (κ3) is 2.74. The second-order valence-electron chi connectivity index (χ2n) is 4.66. The number of hydrogen-bond donors (Lipinski definition) is 2. The van der Waals surface area contributed by atoms with Crippen molar-refractivity contribution < 1.29 is 13.5 Å². The van der Waals surface area contributed by atoms with Crippen LogP contribution in [0, 0.1) is 0 Å². The van der Waals surface area contributed by atoms with Crippen LogP contribution in [0.4, 0.5) is 0 Å². The molecule has 2 fully saturated rings. The van der Waals surface area contributed by atoms with Gasteiger partial charge in [0, 0.05) is 38.3 Å². The lowest BCUT2D eigenvalue weighted by atomic mass is 10.1. The Morgan fingerprint density at radius 3 is 2.88 bits per heavy atom. The number of nitrogens with zero attached hydrogens (tertiary/aromatic N) is 1. The first-order chi connectivity index (χ1) is 7.62. The molecule has 0 aromatic rings. The van der Waals surface area contributed by atoms with Gasteiger partial charge in [-0.25, -0.2) is 8.42 Å². The standard InChI is InChI=1S/C10H20N2O3S/c13-5-1-9-7-11-3-4-12(9)10-2-6-16(14,15)8-10/h9-11,13H,1-8H2. The van der Waals surface area contributed by atoms with Crippen molar-refractivity contribution in [1.82, 2.24) is 10.2 Å². The number of piperazine rings is 1. The lowest BCUT2D eigenvalue weighted by Crippen LogP contribution is -2.55. The van der Waals surface area contributed by atoms with E-state index >= 15 is 0 Å². The largest absolute Gasteiger partial charge is 0.396 e. The van der Waals surface area contributed by atoms with Crippen LogP contribution in [-0.2, 0) is 9.84 Å². The van der Waals surface area contributed by atoms with E-state index in [9.17, 15) is 8.42 Å². The van der Waals surface area contributed by atoms with Crippen molar-refractivity contribution >= 4 is 9.84 Å². The molecule has 0 aromatic carbocycles. The molecular weight excluding hydrogens is 228 g/mol. The topological polar surface area (TPSA) is 69.6 Å². The number of aliphatic hydroxyl groups excluding tert-OH is 1. The molecule has 0 saturated carbocycles. The maximum atomic E-state index is 11.5. The summed E-state index contributed by atoms with van der Waals surface area (Å²) in [7, 11) is -2.81. The average molecular weight is 248 g/mol. The van der Waals surface area contributed by atoms with Gasteiger partial charge in [0.25, 0.3) is 0 Å². The van der Waals surface area contributed by atoms with Gasteiger partial charge < -0.3 is 10.4 Å². The molecule has 0 bridgehead atoms. The molecule has 2 aliphatic heterocycles. The minimum atomic E-state index is -2.81. The Labute approximate surface area is 96.7 Å². The molecule has 0 aliphatic carbocycles. The van der Waals surface area contributed by atoms with Gasteiger partial charge in [-0.3, -0.25) is 4.90 Å². The number of hydrogen-bond acceptors (Lipinski definition) is 5. The first-order valence-corrected chi connectivity index (χ1v) is 7.72. The zero-order valence-electron chi connectivity index (χ0n) is 9.43.